The van der Waals surface area contributed by atoms with E-state index >= 15 is 0 Å². The second-order valence-electron chi connectivity index (χ2n) is 7.21. The number of aryl methyl sites for hydroxylation is 2. The van der Waals surface area contributed by atoms with E-state index in [9.17, 15) is 4.79 Å². The van der Waals surface area contributed by atoms with Gasteiger partial charge >= 0.3 is 0 Å². The molecule has 0 fully saturated rings. The minimum absolute atomic E-state index is 0.0204. The van der Waals surface area contributed by atoms with E-state index in [4.69, 9.17) is 9.47 Å². The van der Waals surface area contributed by atoms with E-state index in [0.29, 0.717) is 11.3 Å². The van der Waals surface area contributed by atoms with Gasteiger partial charge in [0.05, 0.1) is 0 Å². The summed E-state index contributed by atoms with van der Waals surface area (Å²) in [6.45, 7) is 9.95. The Labute approximate surface area is 143 Å². The summed E-state index contributed by atoms with van der Waals surface area (Å²) in [5, 5.41) is 0. The zero-order valence-corrected chi connectivity index (χ0v) is 15.0. The highest BCUT2D eigenvalue weighted by atomic mass is 16.5. The van der Waals surface area contributed by atoms with Crippen molar-refractivity contribution in [1.29, 1.82) is 0 Å². The van der Waals surface area contributed by atoms with Gasteiger partial charge in [-0.25, -0.2) is 0 Å². The topological polar surface area (TPSA) is 35.5 Å². The first-order valence-electron chi connectivity index (χ1n) is 8.36. The van der Waals surface area contributed by atoms with E-state index in [1.54, 1.807) is 6.92 Å². The number of fused-ring (bicyclic) bond motifs is 1. The van der Waals surface area contributed by atoms with Gasteiger partial charge in [0.2, 0.25) is 5.78 Å². The summed E-state index contributed by atoms with van der Waals surface area (Å²) < 4.78 is 12.0. The molecule has 24 heavy (non-hydrogen) atoms. The third-order valence-corrected chi connectivity index (χ3v) is 4.52. The Kier molecular flexibility index (Phi) is 4.12. The first-order chi connectivity index (χ1) is 11.3. The molecule has 0 bridgehead atoms. The molecule has 2 aromatic carbocycles. The molecule has 3 heteroatoms. The molecule has 0 N–H and O–H groups in total. The summed E-state index contributed by atoms with van der Waals surface area (Å²) in [6.07, 6.45) is 0.282. The lowest BCUT2D eigenvalue weighted by Crippen LogP contribution is -2.26. The van der Waals surface area contributed by atoms with Crippen LogP contribution in [0.4, 0.5) is 0 Å². The molecule has 0 spiro atoms. The molecular formula is C21H24O3. The van der Waals surface area contributed by atoms with Crippen molar-refractivity contribution < 1.29 is 14.3 Å². The van der Waals surface area contributed by atoms with Crippen LogP contribution in [-0.4, -0.2) is 17.5 Å². The van der Waals surface area contributed by atoms with Crippen molar-refractivity contribution in [3.8, 4) is 11.5 Å². The highest BCUT2D eigenvalue weighted by molar-refractivity contribution is 5.99. The van der Waals surface area contributed by atoms with Crippen molar-refractivity contribution in [2.45, 2.75) is 52.7 Å². The van der Waals surface area contributed by atoms with Crippen LogP contribution < -0.4 is 9.47 Å². The van der Waals surface area contributed by atoms with Crippen LogP contribution in [0.25, 0.3) is 0 Å². The number of para-hydroxylation sites is 1. The Morgan fingerprint density at radius 1 is 1.17 bits per heavy atom. The highest BCUT2D eigenvalue weighted by Gasteiger charge is 2.33. The van der Waals surface area contributed by atoms with Crippen molar-refractivity contribution in [2.24, 2.45) is 0 Å². The van der Waals surface area contributed by atoms with Crippen LogP contribution in [0, 0.1) is 13.8 Å². The number of carbonyl (C=O) groups excluding carboxylic acids is 1. The maximum atomic E-state index is 12.7. The van der Waals surface area contributed by atoms with Crippen LogP contribution in [0.15, 0.2) is 36.4 Å². The molecule has 1 heterocycles. The average Bonchev–Trinajstić information content (AvgIpc) is 2.84. The predicted octanol–water partition coefficient (Wildman–Crippen LogP) is 4.67. The van der Waals surface area contributed by atoms with Crippen LogP contribution in [0.5, 0.6) is 11.5 Å². The molecule has 0 radical (unpaired) electrons. The molecule has 0 aliphatic carbocycles. The lowest BCUT2D eigenvalue weighted by Gasteiger charge is -2.20. The summed E-state index contributed by atoms with van der Waals surface area (Å²) in [5.41, 5.74) is 3.86. The third-order valence-electron chi connectivity index (χ3n) is 4.52. The predicted molar refractivity (Wildman–Crippen MR) is 95.2 cm³/mol. The first-order valence-corrected chi connectivity index (χ1v) is 8.36. The largest absolute Gasteiger partial charge is 0.483 e. The quantitative estimate of drug-likeness (QED) is 0.767. The zero-order valence-electron chi connectivity index (χ0n) is 15.0. The lowest BCUT2D eigenvalue weighted by atomic mass is 10.0. The van der Waals surface area contributed by atoms with Gasteiger partial charge in [0.1, 0.15) is 5.60 Å². The van der Waals surface area contributed by atoms with Crippen molar-refractivity contribution in [3.05, 3.63) is 58.7 Å². The second-order valence-corrected chi connectivity index (χ2v) is 7.21. The minimum Gasteiger partial charge on any atom is -0.483 e. The lowest BCUT2D eigenvalue weighted by molar-refractivity contribution is 0.0801. The molecule has 0 saturated heterocycles. The highest BCUT2D eigenvalue weighted by Crippen LogP contribution is 2.42. The molecule has 1 aliphatic rings. The molecule has 2 aromatic rings. The molecule has 126 valence electrons. The van der Waals surface area contributed by atoms with Crippen molar-refractivity contribution >= 4 is 5.78 Å². The average molecular weight is 324 g/mol. The smallest absolute Gasteiger partial charge is 0.203 e. The minimum atomic E-state index is -0.564. The van der Waals surface area contributed by atoms with E-state index in [0.717, 1.165) is 23.3 Å². The van der Waals surface area contributed by atoms with E-state index in [1.165, 1.54) is 5.56 Å². The van der Waals surface area contributed by atoms with Crippen molar-refractivity contribution in [1.82, 2.24) is 0 Å². The third kappa shape index (κ3) is 3.16. The van der Waals surface area contributed by atoms with E-state index < -0.39 is 6.10 Å². The van der Waals surface area contributed by atoms with Gasteiger partial charge < -0.3 is 9.47 Å². The molecule has 3 rings (SSSR count). The summed E-state index contributed by atoms with van der Waals surface area (Å²) in [7, 11) is 0. The Hall–Kier alpha value is -2.29. The van der Waals surface area contributed by atoms with Gasteiger partial charge in [-0.3, -0.25) is 4.79 Å². The molecule has 1 aliphatic heterocycles. The molecule has 1 unspecified atom stereocenters. The molecule has 0 aromatic heterocycles. The fourth-order valence-electron chi connectivity index (χ4n) is 3.05. The fraction of sp³-hybridized carbons (Fsp3) is 0.381. The van der Waals surface area contributed by atoms with Crippen LogP contribution in [-0.2, 0) is 6.42 Å². The zero-order chi connectivity index (χ0) is 17.5. The van der Waals surface area contributed by atoms with Gasteiger partial charge in [-0.2, -0.15) is 0 Å². The normalized spacial score (nSPS) is 16.2. The van der Waals surface area contributed by atoms with Crippen LogP contribution in [0.3, 0.4) is 0 Å². The Morgan fingerprint density at radius 2 is 1.92 bits per heavy atom. The Bertz CT molecular complexity index is 790. The number of rotatable bonds is 4. The molecular weight excluding hydrogens is 300 g/mol. The number of hydrogen-bond acceptors (Lipinski definition) is 3. The summed E-state index contributed by atoms with van der Waals surface area (Å²) in [5.74, 6) is 1.39. The number of Topliss-reactive ketones (excluding diaryl/α,β-unsaturated/α-hetero) is 1. The summed E-state index contributed by atoms with van der Waals surface area (Å²) in [6, 6.07) is 11.6. The standard InChI is InChI=1S/C21H24O3/c1-13-9-10-16(11-14(13)2)19(22)15(3)23-18-8-6-7-17-12-21(4,5)24-20(17)18/h6-11,15H,12H2,1-5H3. The number of hydrogen-bond donors (Lipinski definition) is 0. The molecule has 0 amide bonds. The summed E-state index contributed by atoms with van der Waals surface area (Å²) in [4.78, 5) is 12.7. The van der Waals surface area contributed by atoms with Crippen molar-refractivity contribution in [3.63, 3.8) is 0 Å². The van der Waals surface area contributed by atoms with Gasteiger partial charge in [-0.15, -0.1) is 0 Å². The van der Waals surface area contributed by atoms with E-state index in [-0.39, 0.29) is 11.4 Å². The van der Waals surface area contributed by atoms with Crippen LogP contribution >= 0.6 is 0 Å². The monoisotopic (exact) mass is 324 g/mol. The Morgan fingerprint density at radius 3 is 2.62 bits per heavy atom. The van der Waals surface area contributed by atoms with Crippen LogP contribution in [0.2, 0.25) is 0 Å². The molecule has 1 atom stereocenters. The van der Waals surface area contributed by atoms with Gasteiger partial charge in [-0.05, 0) is 57.9 Å². The number of benzene rings is 2. The summed E-state index contributed by atoms with van der Waals surface area (Å²) >= 11 is 0. The molecule has 0 saturated carbocycles. The first kappa shape index (κ1) is 16.6. The van der Waals surface area contributed by atoms with Gasteiger partial charge in [-0.1, -0.05) is 24.3 Å². The van der Waals surface area contributed by atoms with Gasteiger partial charge in [0, 0.05) is 17.5 Å². The molecule has 3 nitrogen and oxygen atoms in total. The number of carbonyl (C=O) groups is 1. The maximum absolute atomic E-state index is 12.7. The number of ether oxygens (including phenoxy) is 2. The van der Waals surface area contributed by atoms with Crippen molar-refractivity contribution in [2.75, 3.05) is 0 Å². The number of ketones is 1. The Balaban J connectivity index is 1.81. The second kappa shape index (κ2) is 5.97. The SMILES string of the molecule is Cc1ccc(C(=O)C(C)Oc2cccc3c2OC(C)(C)C3)cc1C. The maximum Gasteiger partial charge on any atom is 0.203 e. The fourth-order valence-corrected chi connectivity index (χ4v) is 3.05. The van der Waals surface area contributed by atoms with Crippen LogP contribution in [0.1, 0.15) is 47.8 Å². The van der Waals surface area contributed by atoms with E-state index in [1.807, 2.05) is 50.2 Å². The van der Waals surface area contributed by atoms with E-state index in [2.05, 4.69) is 13.8 Å². The van der Waals surface area contributed by atoms with Gasteiger partial charge in [0.15, 0.2) is 17.6 Å². The van der Waals surface area contributed by atoms with Gasteiger partial charge in [0.25, 0.3) is 0 Å².